The van der Waals surface area contributed by atoms with Crippen molar-refractivity contribution < 1.29 is 9.84 Å². The lowest BCUT2D eigenvalue weighted by atomic mass is 9.83. The SMILES string of the molecule is CC1CC(O)(Cc2ccc(C(C)(C)C)cc2)CCO1. The van der Waals surface area contributed by atoms with Crippen LogP contribution in [0.15, 0.2) is 24.3 Å². The molecule has 0 aliphatic carbocycles. The molecule has 1 heterocycles. The zero-order chi connectivity index (χ0) is 14.1. The quantitative estimate of drug-likeness (QED) is 0.884. The molecule has 0 radical (unpaired) electrons. The van der Waals surface area contributed by atoms with Crippen molar-refractivity contribution in [3.63, 3.8) is 0 Å². The molecule has 2 unspecified atom stereocenters. The highest BCUT2D eigenvalue weighted by Gasteiger charge is 2.33. The van der Waals surface area contributed by atoms with E-state index in [1.165, 1.54) is 11.1 Å². The summed E-state index contributed by atoms with van der Waals surface area (Å²) in [6, 6.07) is 8.67. The molecule has 0 bridgehead atoms. The molecule has 2 nitrogen and oxygen atoms in total. The summed E-state index contributed by atoms with van der Waals surface area (Å²) in [7, 11) is 0. The van der Waals surface area contributed by atoms with Crippen LogP contribution in [0.4, 0.5) is 0 Å². The molecule has 0 amide bonds. The summed E-state index contributed by atoms with van der Waals surface area (Å²) >= 11 is 0. The first-order valence-corrected chi connectivity index (χ1v) is 7.22. The Morgan fingerprint density at radius 2 is 1.89 bits per heavy atom. The summed E-state index contributed by atoms with van der Waals surface area (Å²) in [5.41, 5.74) is 2.14. The first-order chi connectivity index (χ1) is 8.78. The molecular formula is C17H26O2. The fraction of sp³-hybridized carbons (Fsp3) is 0.647. The van der Waals surface area contributed by atoms with Crippen LogP contribution in [0, 0.1) is 0 Å². The summed E-state index contributed by atoms with van der Waals surface area (Å²) in [5.74, 6) is 0. The van der Waals surface area contributed by atoms with Gasteiger partial charge in [0.1, 0.15) is 0 Å². The van der Waals surface area contributed by atoms with Crippen molar-refractivity contribution in [1.82, 2.24) is 0 Å². The molecule has 1 aliphatic heterocycles. The second kappa shape index (κ2) is 5.26. The van der Waals surface area contributed by atoms with E-state index in [9.17, 15) is 5.11 Å². The van der Waals surface area contributed by atoms with Crippen LogP contribution in [-0.2, 0) is 16.6 Å². The van der Waals surface area contributed by atoms with Crippen molar-refractivity contribution in [3.05, 3.63) is 35.4 Å². The molecule has 2 heteroatoms. The average molecular weight is 262 g/mol. The van der Waals surface area contributed by atoms with Gasteiger partial charge in [0.05, 0.1) is 11.7 Å². The summed E-state index contributed by atoms with van der Waals surface area (Å²) in [5, 5.41) is 10.6. The standard InChI is InChI=1S/C17H26O2/c1-13-11-17(18,9-10-19-13)12-14-5-7-15(8-6-14)16(2,3)4/h5-8,13,18H,9-12H2,1-4H3. The summed E-state index contributed by atoms with van der Waals surface area (Å²) in [4.78, 5) is 0. The minimum atomic E-state index is -0.596. The minimum Gasteiger partial charge on any atom is -0.389 e. The predicted octanol–water partition coefficient (Wildman–Crippen LogP) is 3.46. The Labute approximate surface area is 116 Å². The second-order valence-corrected chi connectivity index (χ2v) is 6.98. The maximum absolute atomic E-state index is 10.6. The van der Waals surface area contributed by atoms with Crippen molar-refractivity contribution >= 4 is 0 Å². The monoisotopic (exact) mass is 262 g/mol. The molecule has 1 aromatic carbocycles. The largest absolute Gasteiger partial charge is 0.389 e. The third kappa shape index (κ3) is 3.80. The molecule has 1 aromatic rings. The lowest BCUT2D eigenvalue weighted by Crippen LogP contribution is -2.41. The van der Waals surface area contributed by atoms with Gasteiger partial charge in [0.2, 0.25) is 0 Å². The van der Waals surface area contributed by atoms with Crippen LogP contribution in [0.3, 0.4) is 0 Å². The molecule has 1 N–H and O–H groups in total. The summed E-state index contributed by atoms with van der Waals surface area (Å²) in [6.07, 6.45) is 2.35. The Morgan fingerprint density at radius 3 is 2.42 bits per heavy atom. The van der Waals surface area contributed by atoms with E-state index in [-0.39, 0.29) is 11.5 Å². The van der Waals surface area contributed by atoms with Gasteiger partial charge in [0, 0.05) is 19.4 Å². The van der Waals surface area contributed by atoms with Crippen molar-refractivity contribution in [2.24, 2.45) is 0 Å². The lowest BCUT2D eigenvalue weighted by Gasteiger charge is -2.35. The molecule has 1 saturated heterocycles. The third-order valence-electron chi connectivity index (χ3n) is 3.99. The zero-order valence-electron chi connectivity index (χ0n) is 12.6. The van der Waals surface area contributed by atoms with Crippen LogP contribution in [0.1, 0.15) is 51.7 Å². The zero-order valence-corrected chi connectivity index (χ0v) is 12.6. The number of hydrogen-bond acceptors (Lipinski definition) is 2. The number of benzene rings is 1. The van der Waals surface area contributed by atoms with E-state index in [1.54, 1.807) is 0 Å². The van der Waals surface area contributed by atoms with Gasteiger partial charge >= 0.3 is 0 Å². The predicted molar refractivity (Wildman–Crippen MR) is 78.4 cm³/mol. The fourth-order valence-electron chi connectivity index (χ4n) is 2.81. The second-order valence-electron chi connectivity index (χ2n) is 6.98. The van der Waals surface area contributed by atoms with Crippen LogP contribution in [0.2, 0.25) is 0 Å². The van der Waals surface area contributed by atoms with Gasteiger partial charge < -0.3 is 9.84 Å². The maximum atomic E-state index is 10.6. The van der Waals surface area contributed by atoms with E-state index in [0.29, 0.717) is 6.61 Å². The van der Waals surface area contributed by atoms with Gasteiger partial charge in [-0.15, -0.1) is 0 Å². The van der Waals surface area contributed by atoms with Crippen LogP contribution >= 0.6 is 0 Å². The summed E-state index contributed by atoms with van der Waals surface area (Å²) < 4.78 is 5.51. The van der Waals surface area contributed by atoms with Gasteiger partial charge in [-0.25, -0.2) is 0 Å². The third-order valence-corrected chi connectivity index (χ3v) is 3.99. The van der Waals surface area contributed by atoms with Crippen LogP contribution < -0.4 is 0 Å². The fourth-order valence-corrected chi connectivity index (χ4v) is 2.81. The van der Waals surface area contributed by atoms with Gasteiger partial charge in [0.15, 0.2) is 0 Å². The molecular weight excluding hydrogens is 236 g/mol. The summed E-state index contributed by atoms with van der Waals surface area (Å²) in [6.45, 7) is 9.35. The Bertz CT molecular complexity index is 416. The molecule has 106 valence electrons. The molecule has 19 heavy (non-hydrogen) atoms. The number of rotatable bonds is 2. The molecule has 1 fully saturated rings. The molecule has 1 aliphatic rings. The van der Waals surface area contributed by atoms with E-state index < -0.39 is 5.60 Å². The van der Waals surface area contributed by atoms with Crippen molar-refractivity contribution in [3.8, 4) is 0 Å². The maximum Gasteiger partial charge on any atom is 0.0734 e. The molecule has 0 spiro atoms. The Kier molecular flexibility index (Phi) is 4.03. The Morgan fingerprint density at radius 1 is 1.26 bits per heavy atom. The van der Waals surface area contributed by atoms with Gasteiger partial charge in [-0.3, -0.25) is 0 Å². The van der Waals surface area contributed by atoms with Crippen molar-refractivity contribution in [1.29, 1.82) is 0 Å². The molecule has 0 aromatic heterocycles. The molecule has 2 rings (SSSR count). The Hall–Kier alpha value is -0.860. The van der Waals surface area contributed by atoms with Crippen molar-refractivity contribution in [2.75, 3.05) is 6.61 Å². The van der Waals surface area contributed by atoms with E-state index >= 15 is 0 Å². The van der Waals surface area contributed by atoms with E-state index in [2.05, 4.69) is 45.0 Å². The first-order valence-electron chi connectivity index (χ1n) is 7.22. The lowest BCUT2D eigenvalue weighted by molar-refractivity contribution is -0.0961. The first kappa shape index (κ1) is 14.5. The highest BCUT2D eigenvalue weighted by atomic mass is 16.5. The van der Waals surface area contributed by atoms with Crippen molar-refractivity contribution in [2.45, 2.75) is 64.1 Å². The van der Waals surface area contributed by atoms with Crippen LogP contribution in [0.5, 0.6) is 0 Å². The Balaban J connectivity index is 2.07. The highest BCUT2D eigenvalue weighted by Crippen LogP contribution is 2.29. The van der Waals surface area contributed by atoms with Gasteiger partial charge in [0.25, 0.3) is 0 Å². The van der Waals surface area contributed by atoms with Crippen LogP contribution in [-0.4, -0.2) is 23.4 Å². The van der Waals surface area contributed by atoms with E-state index in [4.69, 9.17) is 4.74 Å². The molecule has 0 saturated carbocycles. The number of aliphatic hydroxyl groups is 1. The van der Waals surface area contributed by atoms with Gasteiger partial charge in [-0.2, -0.15) is 0 Å². The highest BCUT2D eigenvalue weighted by molar-refractivity contribution is 5.28. The normalized spacial score (nSPS) is 28.4. The topological polar surface area (TPSA) is 29.5 Å². The number of hydrogen-bond donors (Lipinski definition) is 1. The number of ether oxygens (including phenoxy) is 1. The minimum absolute atomic E-state index is 0.160. The van der Waals surface area contributed by atoms with Crippen LogP contribution in [0.25, 0.3) is 0 Å². The van der Waals surface area contributed by atoms with E-state index in [1.807, 2.05) is 6.92 Å². The average Bonchev–Trinajstić information content (AvgIpc) is 2.27. The van der Waals surface area contributed by atoms with Gasteiger partial charge in [-0.05, 0) is 29.9 Å². The smallest absolute Gasteiger partial charge is 0.0734 e. The van der Waals surface area contributed by atoms with Gasteiger partial charge in [-0.1, -0.05) is 45.0 Å². The van der Waals surface area contributed by atoms with E-state index in [0.717, 1.165) is 19.3 Å². The molecule has 2 atom stereocenters.